The van der Waals surface area contributed by atoms with E-state index in [-0.39, 0.29) is 29.3 Å². The highest BCUT2D eigenvalue weighted by Gasteiger charge is 2.35. The van der Waals surface area contributed by atoms with Crippen molar-refractivity contribution in [1.29, 1.82) is 0 Å². The Morgan fingerprint density at radius 3 is 2.47 bits per heavy atom. The van der Waals surface area contributed by atoms with Crippen molar-refractivity contribution in [3.63, 3.8) is 0 Å². The predicted molar refractivity (Wildman–Crippen MR) is 130 cm³/mol. The van der Waals surface area contributed by atoms with Gasteiger partial charge in [-0.3, -0.25) is 14.4 Å². The summed E-state index contributed by atoms with van der Waals surface area (Å²) in [5.41, 5.74) is 11.7. The van der Waals surface area contributed by atoms with E-state index in [4.69, 9.17) is 20.9 Å². The number of primary amides is 1. The lowest BCUT2D eigenvalue weighted by Crippen LogP contribution is -2.44. The third-order valence-corrected chi connectivity index (χ3v) is 6.63. The van der Waals surface area contributed by atoms with E-state index in [1.807, 2.05) is 17.5 Å². The van der Waals surface area contributed by atoms with Crippen LogP contribution in [0.15, 0.2) is 41.8 Å². The number of hydrogen-bond acceptors (Lipinski definition) is 9. The topological polar surface area (TPSA) is 150 Å². The predicted octanol–water partition coefficient (Wildman–Crippen LogP) is 2.04. The molecule has 1 aromatic carbocycles. The first kappa shape index (κ1) is 25.1. The Bertz CT molecular complexity index is 1130. The Labute approximate surface area is 204 Å². The normalized spacial score (nSPS) is 11.6. The number of aromatic nitrogens is 1. The van der Waals surface area contributed by atoms with Crippen LogP contribution in [0, 0.1) is 0 Å². The number of rotatable bonds is 11. The number of methoxy groups -OCH3 is 2. The minimum absolute atomic E-state index is 0.0357. The number of carbonyl (C=O) groups is 3. The Morgan fingerprint density at radius 2 is 1.91 bits per heavy atom. The van der Waals surface area contributed by atoms with E-state index in [1.165, 1.54) is 23.3 Å². The van der Waals surface area contributed by atoms with Gasteiger partial charge in [0, 0.05) is 18.5 Å². The van der Waals surface area contributed by atoms with E-state index >= 15 is 0 Å². The first-order valence-corrected chi connectivity index (χ1v) is 11.8. The van der Waals surface area contributed by atoms with Gasteiger partial charge in [0.05, 0.1) is 25.9 Å². The maximum Gasteiger partial charge on any atom is 0.270 e. The van der Waals surface area contributed by atoms with Crippen LogP contribution < -0.4 is 21.5 Å². The second-order valence-corrected chi connectivity index (χ2v) is 8.92. The molecule has 0 aliphatic heterocycles. The summed E-state index contributed by atoms with van der Waals surface area (Å²) in [6, 6.07) is 9.59. The van der Waals surface area contributed by atoms with Gasteiger partial charge in [-0.1, -0.05) is 18.2 Å². The van der Waals surface area contributed by atoms with E-state index in [2.05, 4.69) is 9.69 Å². The minimum Gasteiger partial charge on any atom is -0.497 e. The van der Waals surface area contributed by atoms with Gasteiger partial charge in [-0.05, 0) is 40.7 Å². The molecule has 12 heteroatoms. The van der Waals surface area contributed by atoms with Crippen LogP contribution in [-0.2, 0) is 16.1 Å². The van der Waals surface area contributed by atoms with Crippen LogP contribution in [0.25, 0.3) is 0 Å². The van der Waals surface area contributed by atoms with E-state index in [0.29, 0.717) is 17.9 Å². The molecule has 2 heterocycles. The zero-order valence-electron chi connectivity index (χ0n) is 18.6. The van der Waals surface area contributed by atoms with Crippen molar-refractivity contribution in [1.82, 2.24) is 14.6 Å². The first-order chi connectivity index (χ1) is 16.4. The lowest BCUT2D eigenvalue weighted by Gasteiger charge is -2.31. The molecule has 3 amide bonds. The molecule has 34 heavy (non-hydrogen) atoms. The van der Waals surface area contributed by atoms with E-state index < -0.39 is 23.8 Å². The van der Waals surface area contributed by atoms with Gasteiger partial charge < -0.3 is 31.2 Å². The molecule has 0 radical (unpaired) electrons. The highest BCUT2D eigenvalue weighted by molar-refractivity contribution is 7.10. The molecule has 1 atom stereocenters. The number of anilines is 1. The molecule has 0 fully saturated rings. The molecular formula is C22H25N5O5S2. The van der Waals surface area contributed by atoms with Crippen molar-refractivity contribution in [2.75, 3.05) is 33.1 Å². The molecule has 0 aliphatic carbocycles. The number of amides is 3. The number of benzene rings is 1. The quantitative estimate of drug-likeness (QED) is 0.339. The lowest BCUT2D eigenvalue weighted by atomic mass is 10.0. The summed E-state index contributed by atoms with van der Waals surface area (Å²) in [5.74, 6) is -1.17. The maximum atomic E-state index is 13.7. The third-order valence-electron chi connectivity index (χ3n) is 4.92. The summed E-state index contributed by atoms with van der Waals surface area (Å²) in [4.78, 5) is 41.0. The summed E-state index contributed by atoms with van der Waals surface area (Å²) in [6.07, 6.45) is 0. The third kappa shape index (κ3) is 5.71. The highest BCUT2D eigenvalue weighted by atomic mass is 32.1. The summed E-state index contributed by atoms with van der Waals surface area (Å²) < 4.78 is 14.2. The van der Waals surface area contributed by atoms with Crippen molar-refractivity contribution in [3.8, 4) is 5.75 Å². The van der Waals surface area contributed by atoms with Gasteiger partial charge in [-0.15, -0.1) is 11.3 Å². The van der Waals surface area contributed by atoms with Gasteiger partial charge in [0.2, 0.25) is 5.91 Å². The minimum atomic E-state index is -1.00. The van der Waals surface area contributed by atoms with Gasteiger partial charge in [0.1, 0.15) is 16.7 Å². The SMILES string of the molecule is COCCNC(=O)[C@H](c1ccc(OC)cc1)N(Cc1cccs1)C(=O)c1snc(C(N)=O)c1N. The number of nitrogens with two attached hydrogens (primary N) is 2. The molecule has 0 aliphatic rings. The molecule has 0 saturated carbocycles. The summed E-state index contributed by atoms with van der Waals surface area (Å²) in [5, 5.41) is 4.69. The number of nitrogens with zero attached hydrogens (tertiary/aromatic N) is 2. The molecule has 5 N–H and O–H groups in total. The average Bonchev–Trinajstić information content (AvgIpc) is 3.48. The molecule has 0 unspecified atom stereocenters. The zero-order valence-corrected chi connectivity index (χ0v) is 20.3. The van der Waals surface area contributed by atoms with Crippen LogP contribution in [0.4, 0.5) is 5.69 Å². The van der Waals surface area contributed by atoms with Crippen LogP contribution in [0.3, 0.4) is 0 Å². The second kappa shape index (κ2) is 11.6. The van der Waals surface area contributed by atoms with Crippen LogP contribution in [0.5, 0.6) is 5.75 Å². The number of hydrogen-bond donors (Lipinski definition) is 3. The lowest BCUT2D eigenvalue weighted by molar-refractivity contribution is -0.126. The van der Waals surface area contributed by atoms with Crippen LogP contribution in [0.1, 0.15) is 36.6 Å². The Kier molecular flexibility index (Phi) is 8.57. The van der Waals surface area contributed by atoms with E-state index in [1.54, 1.807) is 31.4 Å². The highest BCUT2D eigenvalue weighted by Crippen LogP contribution is 2.31. The second-order valence-electron chi connectivity index (χ2n) is 7.11. The maximum absolute atomic E-state index is 13.7. The molecule has 0 bridgehead atoms. The standard InChI is InChI=1S/C22H25N5O5S2/c1-31-10-9-25-21(29)18(13-5-7-14(32-2)8-6-13)27(12-15-4-3-11-33-15)22(30)19-16(23)17(20(24)28)26-34-19/h3-8,11,18H,9-10,12,23H2,1-2H3,(H2,24,28)(H,25,29)/t18-/m0/s1. The van der Waals surface area contributed by atoms with Crippen molar-refractivity contribution in [2.45, 2.75) is 12.6 Å². The molecule has 2 aromatic heterocycles. The zero-order chi connectivity index (χ0) is 24.7. The average molecular weight is 504 g/mol. The van der Waals surface area contributed by atoms with Crippen molar-refractivity contribution in [3.05, 3.63) is 62.8 Å². The first-order valence-electron chi connectivity index (χ1n) is 10.2. The molecule has 3 rings (SSSR count). The van der Waals surface area contributed by atoms with Gasteiger partial charge in [-0.25, -0.2) is 0 Å². The number of thiophene rings is 1. The fourth-order valence-electron chi connectivity index (χ4n) is 3.24. The van der Waals surface area contributed by atoms with E-state index in [9.17, 15) is 14.4 Å². The molecule has 3 aromatic rings. The van der Waals surface area contributed by atoms with Crippen molar-refractivity contribution >= 4 is 46.3 Å². The molecule has 180 valence electrons. The van der Waals surface area contributed by atoms with Gasteiger partial charge >= 0.3 is 0 Å². The van der Waals surface area contributed by atoms with Crippen LogP contribution in [0.2, 0.25) is 0 Å². The van der Waals surface area contributed by atoms with Crippen LogP contribution >= 0.6 is 22.9 Å². The Balaban J connectivity index is 2.07. The molecular weight excluding hydrogens is 478 g/mol. The van der Waals surface area contributed by atoms with Gasteiger partial charge in [0.15, 0.2) is 5.69 Å². The molecule has 0 saturated heterocycles. The Morgan fingerprint density at radius 1 is 1.18 bits per heavy atom. The monoisotopic (exact) mass is 503 g/mol. The fourth-order valence-corrected chi connectivity index (χ4v) is 4.71. The smallest absolute Gasteiger partial charge is 0.270 e. The van der Waals surface area contributed by atoms with Crippen LogP contribution in [-0.4, -0.2) is 54.4 Å². The van der Waals surface area contributed by atoms with Crippen molar-refractivity contribution in [2.24, 2.45) is 5.73 Å². The number of nitrogens with one attached hydrogen (secondary N) is 1. The Hall–Kier alpha value is -3.48. The molecule has 0 spiro atoms. The van der Waals surface area contributed by atoms with Crippen molar-refractivity contribution < 1.29 is 23.9 Å². The molecule has 10 nitrogen and oxygen atoms in total. The van der Waals surface area contributed by atoms with Gasteiger partial charge in [-0.2, -0.15) is 4.37 Å². The fraction of sp³-hybridized carbons (Fsp3) is 0.273. The number of ether oxygens (including phenoxy) is 2. The van der Waals surface area contributed by atoms with Gasteiger partial charge in [0.25, 0.3) is 11.8 Å². The van der Waals surface area contributed by atoms with E-state index in [0.717, 1.165) is 16.4 Å². The number of carbonyl (C=O) groups excluding carboxylic acids is 3. The summed E-state index contributed by atoms with van der Waals surface area (Å²) in [6.45, 7) is 0.704. The summed E-state index contributed by atoms with van der Waals surface area (Å²) >= 11 is 2.22. The number of nitrogen functional groups attached to an aromatic ring is 1. The largest absolute Gasteiger partial charge is 0.497 e. The summed E-state index contributed by atoms with van der Waals surface area (Å²) in [7, 11) is 3.07.